The second-order valence-electron chi connectivity index (χ2n) is 5.55. The Morgan fingerprint density at radius 1 is 1.30 bits per heavy atom. The van der Waals surface area contributed by atoms with Gasteiger partial charge in [0.05, 0.1) is 5.69 Å². The topological polar surface area (TPSA) is 37.4 Å². The summed E-state index contributed by atoms with van der Waals surface area (Å²) >= 11 is 3.23. The zero-order valence-corrected chi connectivity index (χ0v) is 14.3. The molecule has 1 aromatic carbocycles. The Balaban J connectivity index is 2.38. The SMILES string of the molecule is CCCCC(=O)c1cc(Br)c2c(c1)CCCN2C(=O)C(F)(F)F. The third kappa shape index (κ3) is 3.94. The van der Waals surface area contributed by atoms with Crippen LogP contribution in [0, 0.1) is 0 Å². The van der Waals surface area contributed by atoms with Gasteiger partial charge in [0, 0.05) is 23.0 Å². The summed E-state index contributed by atoms with van der Waals surface area (Å²) in [6, 6.07) is 3.13. The third-order valence-corrected chi connectivity index (χ3v) is 4.41. The van der Waals surface area contributed by atoms with Gasteiger partial charge < -0.3 is 4.90 Å². The minimum atomic E-state index is -4.91. The van der Waals surface area contributed by atoms with Crippen LogP contribution in [-0.2, 0) is 11.2 Å². The average Bonchev–Trinajstić information content (AvgIpc) is 2.50. The van der Waals surface area contributed by atoms with Crippen LogP contribution in [0.3, 0.4) is 0 Å². The van der Waals surface area contributed by atoms with Crippen molar-refractivity contribution in [3.05, 3.63) is 27.7 Å². The quantitative estimate of drug-likeness (QED) is 0.699. The largest absolute Gasteiger partial charge is 0.471 e. The van der Waals surface area contributed by atoms with Gasteiger partial charge in [0.2, 0.25) is 0 Å². The molecule has 1 aliphatic rings. The lowest BCUT2D eigenvalue weighted by Crippen LogP contribution is -2.44. The van der Waals surface area contributed by atoms with E-state index in [0.29, 0.717) is 34.9 Å². The molecular weight excluding hydrogens is 375 g/mol. The maximum atomic E-state index is 12.7. The van der Waals surface area contributed by atoms with E-state index in [2.05, 4.69) is 15.9 Å². The summed E-state index contributed by atoms with van der Waals surface area (Å²) in [4.78, 5) is 24.5. The smallest absolute Gasteiger partial charge is 0.303 e. The molecule has 126 valence electrons. The fourth-order valence-electron chi connectivity index (χ4n) is 2.69. The molecule has 0 aliphatic carbocycles. The standard InChI is InChI=1S/C16H17BrF3NO2/c1-2-3-6-13(22)11-8-10-5-4-7-21(14(10)12(17)9-11)15(23)16(18,19)20/h8-9H,2-7H2,1H3. The molecule has 0 bridgehead atoms. The van der Waals surface area contributed by atoms with Crippen molar-refractivity contribution in [2.24, 2.45) is 0 Å². The highest BCUT2D eigenvalue weighted by Gasteiger charge is 2.44. The second-order valence-corrected chi connectivity index (χ2v) is 6.40. The molecule has 0 unspecified atom stereocenters. The molecule has 1 aliphatic heterocycles. The van der Waals surface area contributed by atoms with Gasteiger partial charge in [0.15, 0.2) is 5.78 Å². The lowest BCUT2D eigenvalue weighted by Gasteiger charge is -2.31. The molecule has 7 heteroatoms. The van der Waals surface area contributed by atoms with Crippen molar-refractivity contribution in [2.75, 3.05) is 11.4 Å². The van der Waals surface area contributed by atoms with Crippen LogP contribution in [0.25, 0.3) is 0 Å². The van der Waals surface area contributed by atoms with Crippen molar-refractivity contribution in [1.82, 2.24) is 0 Å². The van der Waals surface area contributed by atoms with Crippen LogP contribution in [0.15, 0.2) is 16.6 Å². The number of carbonyl (C=O) groups is 2. The average molecular weight is 392 g/mol. The number of benzene rings is 1. The van der Waals surface area contributed by atoms with Gasteiger partial charge in [-0.25, -0.2) is 0 Å². The van der Waals surface area contributed by atoms with E-state index in [-0.39, 0.29) is 18.0 Å². The predicted octanol–water partition coefficient (Wildman–Crippen LogP) is 4.66. The number of Topliss-reactive ketones (excluding diaryl/α,β-unsaturated/α-hetero) is 1. The van der Waals surface area contributed by atoms with Gasteiger partial charge >= 0.3 is 12.1 Å². The minimum Gasteiger partial charge on any atom is -0.303 e. The number of nitrogens with zero attached hydrogens (tertiary/aromatic N) is 1. The Hall–Kier alpha value is -1.37. The summed E-state index contributed by atoms with van der Waals surface area (Å²) in [6.07, 6.45) is -1.85. The van der Waals surface area contributed by atoms with Crippen LogP contribution in [0.1, 0.15) is 48.5 Å². The van der Waals surface area contributed by atoms with Crippen LogP contribution >= 0.6 is 15.9 Å². The van der Waals surface area contributed by atoms with Gasteiger partial charge in [0.25, 0.3) is 0 Å². The van der Waals surface area contributed by atoms with Gasteiger partial charge in [-0.3, -0.25) is 9.59 Å². The van der Waals surface area contributed by atoms with E-state index in [1.807, 2.05) is 6.92 Å². The summed E-state index contributed by atoms with van der Waals surface area (Å²) in [5.41, 5.74) is 1.30. The molecule has 0 N–H and O–H groups in total. The molecule has 2 rings (SSSR count). The monoisotopic (exact) mass is 391 g/mol. The van der Waals surface area contributed by atoms with E-state index < -0.39 is 12.1 Å². The number of halogens is 4. The number of rotatable bonds is 4. The molecule has 0 saturated carbocycles. The summed E-state index contributed by atoms with van der Waals surface area (Å²) in [5, 5.41) is 0. The first kappa shape index (κ1) is 18.0. The van der Waals surface area contributed by atoms with Crippen LogP contribution in [0.4, 0.5) is 18.9 Å². The maximum Gasteiger partial charge on any atom is 0.471 e. The van der Waals surface area contributed by atoms with Crippen molar-refractivity contribution < 1.29 is 22.8 Å². The zero-order chi connectivity index (χ0) is 17.2. The van der Waals surface area contributed by atoms with Gasteiger partial charge in [0.1, 0.15) is 0 Å². The zero-order valence-electron chi connectivity index (χ0n) is 12.7. The Labute approximate surface area is 141 Å². The summed E-state index contributed by atoms with van der Waals surface area (Å²) in [6.45, 7) is 2.00. The fraction of sp³-hybridized carbons (Fsp3) is 0.500. The molecule has 1 amide bonds. The number of hydrogen-bond donors (Lipinski definition) is 0. The fourth-order valence-corrected chi connectivity index (χ4v) is 3.40. The van der Waals surface area contributed by atoms with Gasteiger partial charge in [-0.1, -0.05) is 13.3 Å². The van der Waals surface area contributed by atoms with Crippen molar-refractivity contribution >= 4 is 33.3 Å². The number of aryl methyl sites for hydroxylation is 1. The van der Waals surface area contributed by atoms with Gasteiger partial charge in [-0.2, -0.15) is 13.2 Å². The predicted molar refractivity (Wildman–Crippen MR) is 84.7 cm³/mol. The molecule has 1 aromatic rings. The van der Waals surface area contributed by atoms with Crippen LogP contribution in [0.5, 0.6) is 0 Å². The first-order valence-corrected chi connectivity index (χ1v) is 8.29. The molecule has 0 spiro atoms. The number of alkyl halides is 3. The number of ketones is 1. The highest BCUT2D eigenvalue weighted by Crippen LogP contribution is 2.38. The van der Waals surface area contributed by atoms with Crippen LogP contribution < -0.4 is 4.90 Å². The highest BCUT2D eigenvalue weighted by molar-refractivity contribution is 9.10. The van der Waals surface area contributed by atoms with E-state index in [1.165, 1.54) is 6.07 Å². The van der Waals surface area contributed by atoms with E-state index in [0.717, 1.165) is 17.7 Å². The number of hydrogen-bond acceptors (Lipinski definition) is 2. The Morgan fingerprint density at radius 3 is 2.61 bits per heavy atom. The molecule has 0 fully saturated rings. The van der Waals surface area contributed by atoms with Crippen molar-refractivity contribution in [1.29, 1.82) is 0 Å². The van der Waals surface area contributed by atoms with E-state index in [9.17, 15) is 22.8 Å². The Bertz CT molecular complexity index is 628. The van der Waals surface area contributed by atoms with Crippen LogP contribution in [-0.4, -0.2) is 24.4 Å². The molecule has 0 radical (unpaired) electrons. The highest BCUT2D eigenvalue weighted by atomic mass is 79.9. The molecule has 23 heavy (non-hydrogen) atoms. The maximum absolute atomic E-state index is 12.7. The van der Waals surface area contributed by atoms with Crippen molar-refractivity contribution in [3.63, 3.8) is 0 Å². The molecule has 1 heterocycles. The number of carbonyl (C=O) groups excluding carboxylic acids is 2. The third-order valence-electron chi connectivity index (χ3n) is 3.81. The number of fused-ring (bicyclic) bond motifs is 1. The second kappa shape index (κ2) is 7.03. The lowest BCUT2D eigenvalue weighted by atomic mass is 9.96. The molecular formula is C16H17BrF3NO2. The van der Waals surface area contributed by atoms with Crippen LogP contribution in [0.2, 0.25) is 0 Å². The van der Waals surface area contributed by atoms with Crippen molar-refractivity contribution in [2.45, 2.75) is 45.2 Å². The number of amides is 1. The van der Waals surface area contributed by atoms with Gasteiger partial charge in [-0.15, -0.1) is 0 Å². The van der Waals surface area contributed by atoms with E-state index in [4.69, 9.17) is 0 Å². The first-order valence-electron chi connectivity index (χ1n) is 7.50. The first-order chi connectivity index (χ1) is 10.8. The molecule has 3 nitrogen and oxygen atoms in total. The summed E-state index contributed by atoms with van der Waals surface area (Å²) in [7, 11) is 0. The molecule has 0 aromatic heterocycles. The summed E-state index contributed by atoms with van der Waals surface area (Å²) in [5.74, 6) is -1.90. The number of anilines is 1. The Kier molecular flexibility index (Phi) is 5.49. The normalized spacial score (nSPS) is 14.6. The summed E-state index contributed by atoms with van der Waals surface area (Å²) < 4.78 is 38.6. The minimum absolute atomic E-state index is 0.0209. The lowest BCUT2D eigenvalue weighted by molar-refractivity contribution is -0.170. The Morgan fingerprint density at radius 2 is 2.00 bits per heavy atom. The molecule has 0 atom stereocenters. The van der Waals surface area contributed by atoms with E-state index in [1.54, 1.807) is 6.07 Å². The number of unbranched alkanes of at least 4 members (excludes halogenated alkanes) is 1. The van der Waals surface area contributed by atoms with E-state index >= 15 is 0 Å². The van der Waals surface area contributed by atoms with Gasteiger partial charge in [-0.05, 0) is 52.9 Å². The van der Waals surface area contributed by atoms with Crippen molar-refractivity contribution in [3.8, 4) is 0 Å². The molecule has 0 saturated heterocycles.